The summed E-state index contributed by atoms with van der Waals surface area (Å²) in [6.07, 6.45) is 0.729. The number of rotatable bonds is 9. The van der Waals surface area contributed by atoms with Gasteiger partial charge in [-0.05, 0) is 25.1 Å². The van der Waals surface area contributed by atoms with E-state index in [1.165, 1.54) is 14.2 Å². The zero-order valence-electron chi connectivity index (χ0n) is 12.9. The van der Waals surface area contributed by atoms with Gasteiger partial charge in [0.25, 0.3) is 5.91 Å². The first kappa shape index (κ1) is 17.3. The number of carbonyl (C=O) groups excluding carboxylic acids is 1. The van der Waals surface area contributed by atoms with Gasteiger partial charge in [0, 0.05) is 20.2 Å². The van der Waals surface area contributed by atoms with E-state index in [1.807, 2.05) is 0 Å². The lowest BCUT2D eigenvalue weighted by Crippen LogP contribution is -2.36. The number of amides is 1. The van der Waals surface area contributed by atoms with Crippen molar-refractivity contribution in [2.24, 2.45) is 5.73 Å². The molecule has 1 aromatic carbocycles. The molecule has 1 rings (SSSR count). The zero-order valence-corrected chi connectivity index (χ0v) is 12.9. The standard InChI is InChI=1S/C15H24N2O4/c1-19-11-10-17(9-5-8-16)15(18)14-12(20-2)6-4-7-13(14)21-3/h4,6-7H,5,8-11,16H2,1-3H3. The molecule has 0 saturated heterocycles. The van der Waals surface area contributed by atoms with Gasteiger partial charge in [0.2, 0.25) is 0 Å². The van der Waals surface area contributed by atoms with E-state index in [1.54, 1.807) is 30.2 Å². The van der Waals surface area contributed by atoms with E-state index in [0.717, 1.165) is 6.42 Å². The summed E-state index contributed by atoms with van der Waals surface area (Å²) in [5, 5.41) is 0. The summed E-state index contributed by atoms with van der Waals surface area (Å²) >= 11 is 0. The maximum Gasteiger partial charge on any atom is 0.261 e. The molecule has 6 nitrogen and oxygen atoms in total. The number of hydrogen-bond donors (Lipinski definition) is 1. The van der Waals surface area contributed by atoms with Crippen LogP contribution in [0.5, 0.6) is 11.5 Å². The van der Waals surface area contributed by atoms with Crippen LogP contribution in [0.3, 0.4) is 0 Å². The molecular weight excluding hydrogens is 272 g/mol. The Kier molecular flexibility index (Phi) is 7.56. The first-order valence-electron chi connectivity index (χ1n) is 6.88. The lowest BCUT2D eigenvalue weighted by atomic mass is 10.1. The third-order valence-electron chi connectivity index (χ3n) is 3.13. The molecule has 1 aromatic rings. The molecule has 0 aromatic heterocycles. The molecule has 21 heavy (non-hydrogen) atoms. The molecule has 0 radical (unpaired) electrons. The van der Waals surface area contributed by atoms with Crippen molar-refractivity contribution >= 4 is 5.91 Å². The Labute approximate surface area is 125 Å². The Morgan fingerprint density at radius 2 is 1.76 bits per heavy atom. The number of carbonyl (C=O) groups is 1. The highest BCUT2D eigenvalue weighted by Crippen LogP contribution is 2.29. The predicted molar refractivity (Wildman–Crippen MR) is 81.0 cm³/mol. The van der Waals surface area contributed by atoms with Crippen LogP contribution in [0.1, 0.15) is 16.8 Å². The summed E-state index contributed by atoms with van der Waals surface area (Å²) in [6, 6.07) is 5.27. The molecule has 0 aliphatic rings. The number of methoxy groups -OCH3 is 3. The molecule has 0 aliphatic heterocycles. The monoisotopic (exact) mass is 296 g/mol. The van der Waals surface area contributed by atoms with Gasteiger partial charge in [-0.15, -0.1) is 0 Å². The summed E-state index contributed by atoms with van der Waals surface area (Å²) < 4.78 is 15.6. The lowest BCUT2D eigenvalue weighted by Gasteiger charge is -2.24. The first-order chi connectivity index (χ1) is 10.2. The van der Waals surface area contributed by atoms with Gasteiger partial charge in [-0.25, -0.2) is 0 Å². The molecule has 118 valence electrons. The van der Waals surface area contributed by atoms with Crippen LogP contribution in [-0.4, -0.2) is 58.4 Å². The minimum Gasteiger partial charge on any atom is -0.496 e. The van der Waals surface area contributed by atoms with E-state index in [0.29, 0.717) is 43.3 Å². The maximum absolute atomic E-state index is 12.8. The summed E-state index contributed by atoms with van der Waals surface area (Å²) in [6.45, 7) is 2.06. The van der Waals surface area contributed by atoms with Gasteiger partial charge in [-0.1, -0.05) is 6.07 Å². The third-order valence-corrected chi connectivity index (χ3v) is 3.13. The van der Waals surface area contributed by atoms with E-state index >= 15 is 0 Å². The second-order valence-electron chi connectivity index (χ2n) is 4.46. The van der Waals surface area contributed by atoms with Crippen molar-refractivity contribution in [3.05, 3.63) is 23.8 Å². The van der Waals surface area contributed by atoms with Gasteiger partial charge in [0.1, 0.15) is 17.1 Å². The third kappa shape index (κ3) is 4.61. The fourth-order valence-corrected chi connectivity index (χ4v) is 2.02. The van der Waals surface area contributed by atoms with Crippen molar-refractivity contribution in [2.75, 3.05) is 47.6 Å². The van der Waals surface area contributed by atoms with E-state index < -0.39 is 0 Å². The largest absolute Gasteiger partial charge is 0.496 e. The van der Waals surface area contributed by atoms with Crippen molar-refractivity contribution in [1.82, 2.24) is 4.90 Å². The van der Waals surface area contributed by atoms with Gasteiger partial charge < -0.3 is 24.8 Å². The van der Waals surface area contributed by atoms with Crippen LogP contribution in [0, 0.1) is 0 Å². The predicted octanol–water partition coefficient (Wildman–Crippen LogP) is 1.14. The molecule has 6 heteroatoms. The molecular formula is C15H24N2O4. The lowest BCUT2D eigenvalue weighted by molar-refractivity contribution is 0.0688. The Bertz CT molecular complexity index is 421. The molecule has 0 spiro atoms. The summed E-state index contributed by atoms with van der Waals surface area (Å²) in [5.74, 6) is 0.846. The van der Waals surface area contributed by atoms with Crippen LogP contribution in [0.4, 0.5) is 0 Å². The van der Waals surface area contributed by atoms with Gasteiger partial charge in [-0.2, -0.15) is 0 Å². The molecule has 1 amide bonds. The second-order valence-corrected chi connectivity index (χ2v) is 4.46. The quantitative estimate of drug-likeness (QED) is 0.740. The van der Waals surface area contributed by atoms with E-state index in [-0.39, 0.29) is 5.91 Å². The average Bonchev–Trinajstić information content (AvgIpc) is 2.53. The Morgan fingerprint density at radius 1 is 1.14 bits per heavy atom. The molecule has 0 fully saturated rings. The van der Waals surface area contributed by atoms with Crippen LogP contribution >= 0.6 is 0 Å². The number of ether oxygens (including phenoxy) is 3. The van der Waals surface area contributed by atoms with Crippen LogP contribution in [0.2, 0.25) is 0 Å². The second kappa shape index (κ2) is 9.20. The van der Waals surface area contributed by atoms with Crippen molar-refractivity contribution in [3.8, 4) is 11.5 Å². The summed E-state index contributed by atoms with van der Waals surface area (Å²) in [4.78, 5) is 14.5. The Balaban J connectivity index is 3.06. The smallest absolute Gasteiger partial charge is 0.261 e. The maximum atomic E-state index is 12.8. The average molecular weight is 296 g/mol. The van der Waals surface area contributed by atoms with Gasteiger partial charge in [0.15, 0.2) is 0 Å². The summed E-state index contributed by atoms with van der Waals surface area (Å²) in [5.41, 5.74) is 5.96. The van der Waals surface area contributed by atoms with E-state index in [4.69, 9.17) is 19.9 Å². The highest BCUT2D eigenvalue weighted by atomic mass is 16.5. The van der Waals surface area contributed by atoms with E-state index in [9.17, 15) is 4.79 Å². The molecule has 0 unspecified atom stereocenters. The van der Waals surface area contributed by atoms with Crippen LogP contribution in [-0.2, 0) is 4.74 Å². The molecule has 2 N–H and O–H groups in total. The minimum absolute atomic E-state index is 0.144. The van der Waals surface area contributed by atoms with Gasteiger partial charge in [-0.3, -0.25) is 4.79 Å². The molecule has 0 heterocycles. The van der Waals surface area contributed by atoms with Gasteiger partial charge in [0.05, 0.1) is 20.8 Å². The Morgan fingerprint density at radius 3 is 2.24 bits per heavy atom. The number of nitrogens with two attached hydrogens (primary N) is 1. The SMILES string of the molecule is COCCN(CCCN)C(=O)c1c(OC)cccc1OC. The van der Waals surface area contributed by atoms with Crippen LogP contribution in [0.25, 0.3) is 0 Å². The van der Waals surface area contributed by atoms with E-state index in [2.05, 4.69) is 0 Å². The normalized spacial score (nSPS) is 10.3. The fourth-order valence-electron chi connectivity index (χ4n) is 2.02. The number of hydrogen-bond acceptors (Lipinski definition) is 5. The van der Waals surface area contributed by atoms with Crippen LogP contribution < -0.4 is 15.2 Å². The molecule has 0 bridgehead atoms. The zero-order chi connectivity index (χ0) is 15.7. The highest BCUT2D eigenvalue weighted by molar-refractivity contribution is 5.99. The number of benzene rings is 1. The van der Waals surface area contributed by atoms with Crippen molar-refractivity contribution in [2.45, 2.75) is 6.42 Å². The Hall–Kier alpha value is -1.79. The molecule has 0 atom stereocenters. The first-order valence-corrected chi connectivity index (χ1v) is 6.88. The van der Waals surface area contributed by atoms with Crippen molar-refractivity contribution in [3.63, 3.8) is 0 Å². The van der Waals surface area contributed by atoms with Gasteiger partial charge >= 0.3 is 0 Å². The van der Waals surface area contributed by atoms with Crippen molar-refractivity contribution in [1.29, 1.82) is 0 Å². The number of nitrogens with zero attached hydrogens (tertiary/aromatic N) is 1. The fraction of sp³-hybridized carbons (Fsp3) is 0.533. The highest BCUT2D eigenvalue weighted by Gasteiger charge is 2.23. The molecule has 0 aliphatic carbocycles. The minimum atomic E-state index is -0.144. The topological polar surface area (TPSA) is 74.0 Å². The van der Waals surface area contributed by atoms with Crippen LogP contribution in [0.15, 0.2) is 18.2 Å². The van der Waals surface area contributed by atoms with Crippen molar-refractivity contribution < 1.29 is 19.0 Å². The summed E-state index contributed by atoms with van der Waals surface area (Å²) in [7, 11) is 4.67. The molecule has 0 saturated carbocycles.